The van der Waals surface area contributed by atoms with Crippen molar-refractivity contribution in [3.8, 4) is 0 Å². The van der Waals surface area contributed by atoms with Gasteiger partial charge in [0.05, 0.1) is 4.90 Å². The summed E-state index contributed by atoms with van der Waals surface area (Å²) in [5.41, 5.74) is 1.79. The van der Waals surface area contributed by atoms with Gasteiger partial charge in [-0.25, -0.2) is 13.1 Å². The van der Waals surface area contributed by atoms with Crippen LogP contribution in [0.4, 0.5) is 0 Å². The van der Waals surface area contributed by atoms with Crippen molar-refractivity contribution in [2.45, 2.75) is 18.7 Å². The Balaban J connectivity index is 3.05. The summed E-state index contributed by atoms with van der Waals surface area (Å²) in [6.07, 6.45) is 0. The molecule has 0 heterocycles. The molecule has 0 aliphatic carbocycles. The molecule has 0 aromatic heterocycles. The Morgan fingerprint density at radius 1 is 1.33 bits per heavy atom. The van der Waals surface area contributed by atoms with E-state index in [9.17, 15) is 8.42 Å². The first-order valence-corrected chi connectivity index (χ1v) is 6.62. The van der Waals surface area contributed by atoms with Crippen LogP contribution in [0.5, 0.6) is 0 Å². The van der Waals surface area contributed by atoms with Gasteiger partial charge in [0, 0.05) is 12.4 Å². The number of benzene rings is 1. The van der Waals surface area contributed by atoms with Crippen molar-refractivity contribution >= 4 is 21.6 Å². The zero-order valence-corrected chi connectivity index (χ0v) is 10.3. The molecule has 0 saturated heterocycles. The highest BCUT2D eigenvalue weighted by atomic mass is 35.5. The van der Waals surface area contributed by atoms with Crippen molar-refractivity contribution in [3.05, 3.63) is 29.3 Å². The Hall–Kier alpha value is -0.580. The first-order chi connectivity index (χ1) is 6.97. The number of rotatable bonds is 4. The van der Waals surface area contributed by atoms with E-state index < -0.39 is 10.0 Å². The summed E-state index contributed by atoms with van der Waals surface area (Å²) in [6, 6.07) is 5.23. The number of nitrogens with one attached hydrogen (secondary N) is 1. The van der Waals surface area contributed by atoms with Gasteiger partial charge < -0.3 is 0 Å². The highest BCUT2D eigenvalue weighted by Gasteiger charge is 2.15. The van der Waals surface area contributed by atoms with Gasteiger partial charge in [-0.2, -0.15) is 0 Å². The van der Waals surface area contributed by atoms with Crippen LogP contribution in [0.15, 0.2) is 23.1 Å². The van der Waals surface area contributed by atoms with Crippen molar-refractivity contribution in [1.82, 2.24) is 4.72 Å². The van der Waals surface area contributed by atoms with Crippen LogP contribution in [-0.4, -0.2) is 20.8 Å². The molecule has 1 N–H and O–H groups in total. The SMILES string of the molecule is Cc1ccc(S(=O)(=O)NCCCl)c(C)c1. The smallest absolute Gasteiger partial charge is 0.210 e. The summed E-state index contributed by atoms with van der Waals surface area (Å²) in [5, 5.41) is 0. The van der Waals surface area contributed by atoms with Crippen molar-refractivity contribution in [3.63, 3.8) is 0 Å². The predicted molar refractivity (Wildman–Crippen MR) is 61.8 cm³/mol. The maximum absolute atomic E-state index is 11.8. The van der Waals surface area contributed by atoms with Gasteiger partial charge in [0.25, 0.3) is 0 Å². The summed E-state index contributed by atoms with van der Waals surface area (Å²) >= 11 is 5.43. The van der Waals surface area contributed by atoms with Gasteiger partial charge in [0.15, 0.2) is 0 Å². The van der Waals surface area contributed by atoms with E-state index in [-0.39, 0.29) is 12.4 Å². The van der Waals surface area contributed by atoms with Gasteiger partial charge in [-0.15, -0.1) is 11.6 Å². The Morgan fingerprint density at radius 3 is 2.53 bits per heavy atom. The Morgan fingerprint density at radius 2 is 2.00 bits per heavy atom. The third-order valence-corrected chi connectivity index (χ3v) is 3.82. The van der Waals surface area contributed by atoms with Crippen LogP contribution >= 0.6 is 11.6 Å². The third kappa shape index (κ3) is 3.19. The van der Waals surface area contributed by atoms with Crippen molar-refractivity contribution < 1.29 is 8.42 Å². The topological polar surface area (TPSA) is 46.2 Å². The Labute approximate surface area is 95.5 Å². The lowest BCUT2D eigenvalue weighted by Gasteiger charge is -2.08. The molecule has 0 aliphatic rings. The molecule has 0 aliphatic heterocycles. The molecule has 1 rings (SSSR count). The number of sulfonamides is 1. The number of halogens is 1. The van der Waals surface area contributed by atoms with E-state index in [1.165, 1.54) is 0 Å². The quantitative estimate of drug-likeness (QED) is 0.825. The lowest BCUT2D eigenvalue weighted by molar-refractivity contribution is 0.583. The van der Waals surface area contributed by atoms with Gasteiger partial charge in [0.1, 0.15) is 0 Å². The maximum Gasteiger partial charge on any atom is 0.240 e. The molecule has 15 heavy (non-hydrogen) atoms. The first-order valence-electron chi connectivity index (χ1n) is 4.60. The lowest BCUT2D eigenvalue weighted by atomic mass is 10.2. The fourth-order valence-electron chi connectivity index (χ4n) is 1.35. The van der Waals surface area contributed by atoms with Gasteiger partial charge in [-0.1, -0.05) is 17.7 Å². The molecule has 0 fully saturated rings. The maximum atomic E-state index is 11.8. The van der Waals surface area contributed by atoms with Crippen LogP contribution < -0.4 is 4.72 Å². The van der Waals surface area contributed by atoms with Crippen LogP contribution in [0.2, 0.25) is 0 Å². The molecule has 0 spiro atoms. The number of alkyl halides is 1. The Bertz CT molecular complexity index is 443. The highest BCUT2D eigenvalue weighted by molar-refractivity contribution is 7.89. The second-order valence-corrected chi connectivity index (χ2v) is 5.47. The molecule has 0 unspecified atom stereocenters. The second-order valence-electron chi connectivity index (χ2n) is 3.36. The van der Waals surface area contributed by atoms with E-state index >= 15 is 0 Å². The first kappa shape index (κ1) is 12.5. The minimum Gasteiger partial charge on any atom is -0.210 e. The van der Waals surface area contributed by atoms with Gasteiger partial charge in [-0.05, 0) is 25.5 Å². The predicted octanol–water partition coefficient (Wildman–Crippen LogP) is 1.82. The zero-order chi connectivity index (χ0) is 11.5. The van der Waals surface area contributed by atoms with E-state index in [4.69, 9.17) is 11.6 Å². The summed E-state index contributed by atoms with van der Waals surface area (Å²) in [4.78, 5) is 0.318. The average molecular weight is 248 g/mol. The molecule has 0 saturated carbocycles. The summed E-state index contributed by atoms with van der Waals surface area (Å²) in [5.74, 6) is 0.268. The van der Waals surface area contributed by atoms with E-state index in [1.807, 2.05) is 13.0 Å². The van der Waals surface area contributed by atoms with E-state index in [2.05, 4.69) is 4.72 Å². The van der Waals surface area contributed by atoms with Crippen LogP contribution in [0.25, 0.3) is 0 Å². The second kappa shape index (κ2) is 4.96. The highest BCUT2D eigenvalue weighted by Crippen LogP contribution is 2.15. The minimum atomic E-state index is -3.40. The monoisotopic (exact) mass is 247 g/mol. The normalized spacial score (nSPS) is 11.7. The van der Waals surface area contributed by atoms with Crippen LogP contribution in [-0.2, 0) is 10.0 Å². The summed E-state index contributed by atoms with van der Waals surface area (Å²) in [6.45, 7) is 3.95. The lowest BCUT2D eigenvalue weighted by Crippen LogP contribution is -2.26. The molecule has 0 atom stereocenters. The summed E-state index contributed by atoms with van der Waals surface area (Å²) < 4.78 is 25.9. The van der Waals surface area contributed by atoms with Crippen molar-refractivity contribution in [2.24, 2.45) is 0 Å². The molecule has 1 aromatic rings. The molecule has 84 valence electrons. The fraction of sp³-hybridized carbons (Fsp3) is 0.400. The molecular weight excluding hydrogens is 234 g/mol. The van der Waals surface area contributed by atoms with E-state index in [0.717, 1.165) is 11.1 Å². The molecule has 3 nitrogen and oxygen atoms in total. The molecule has 1 aromatic carbocycles. The van der Waals surface area contributed by atoms with Crippen LogP contribution in [0.1, 0.15) is 11.1 Å². The third-order valence-electron chi connectivity index (χ3n) is 2.01. The molecule has 0 radical (unpaired) electrons. The largest absolute Gasteiger partial charge is 0.240 e. The van der Waals surface area contributed by atoms with Gasteiger partial charge in [0.2, 0.25) is 10.0 Å². The van der Waals surface area contributed by atoms with Crippen molar-refractivity contribution in [1.29, 1.82) is 0 Å². The Kier molecular flexibility index (Phi) is 4.13. The number of aryl methyl sites for hydroxylation is 2. The molecule has 5 heteroatoms. The molecule has 0 bridgehead atoms. The average Bonchev–Trinajstić information content (AvgIpc) is 2.14. The van der Waals surface area contributed by atoms with E-state index in [0.29, 0.717) is 4.90 Å². The van der Waals surface area contributed by atoms with Gasteiger partial charge >= 0.3 is 0 Å². The number of hydrogen-bond donors (Lipinski definition) is 1. The van der Waals surface area contributed by atoms with E-state index in [1.54, 1.807) is 19.1 Å². The minimum absolute atomic E-state index is 0.247. The van der Waals surface area contributed by atoms with Gasteiger partial charge in [-0.3, -0.25) is 0 Å². The van der Waals surface area contributed by atoms with Crippen LogP contribution in [0, 0.1) is 13.8 Å². The van der Waals surface area contributed by atoms with Crippen molar-refractivity contribution in [2.75, 3.05) is 12.4 Å². The fourth-order valence-corrected chi connectivity index (χ4v) is 2.81. The summed E-state index contributed by atoms with van der Waals surface area (Å²) in [7, 11) is -3.40. The number of hydrogen-bond acceptors (Lipinski definition) is 2. The molecule has 0 amide bonds. The molecular formula is C10H14ClNO2S. The standard InChI is InChI=1S/C10H14ClNO2S/c1-8-3-4-10(9(2)7-8)15(13,14)12-6-5-11/h3-4,7,12H,5-6H2,1-2H3. The zero-order valence-electron chi connectivity index (χ0n) is 8.75. The van der Waals surface area contributed by atoms with Crippen LogP contribution in [0.3, 0.4) is 0 Å².